The lowest BCUT2D eigenvalue weighted by molar-refractivity contribution is -0.145. The molecule has 2 heterocycles. The van der Waals surface area contributed by atoms with E-state index in [-0.39, 0.29) is 5.02 Å². The van der Waals surface area contributed by atoms with Crippen LogP contribution in [0.2, 0.25) is 5.02 Å². The number of nitrogens with zero attached hydrogens (tertiary/aromatic N) is 1. The van der Waals surface area contributed by atoms with E-state index < -0.39 is 29.8 Å². The Morgan fingerprint density at radius 1 is 1.27 bits per heavy atom. The molecule has 3 rings (SSSR count). The van der Waals surface area contributed by atoms with Crippen molar-refractivity contribution in [3.63, 3.8) is 0 Å². The first-order valence-corrected chi connectivity index (χ1v) is 9.48. The lowest BCUT2D eigenvalue weighted by atomic mass is 9.92. The van der Waals surface area contributed by atoms with E-state index in [1.807, 2.05) is 16.8 Å². The van der Waals surface area contributed by atoms with E-state index in [0.29, 0.717) is 18.5 Å². The first-order valence-electron chi connectivity index (χ1n) is 8.16. The summed E-state index contributed by atoms with van der Waals surface area (Å²) in [7, 11) is 0. The number of carbonyl (C=O) groups is 1. The number of carboxylic acids is 1. The molecule has 1 aliphatic heterocycles. The van der Waals surface area contributed by atoms with Crippen LogP contribution in [0.3, 0.4) is 0 Å². The minimum atomic E-state index is -4.57. The van der Waals surface area contributed by atoms with Gasteiger partial charge in [0.1, 0.15) is 6.04 Å². The first-order chi connectivity index (χ1) is 12.3. The van der Waals surface area contributed by atoms with Crippen molar-refractivity contribution in [1.82, 2.24) is 4.90 Å². The van der Waals surface area contributed by atoms with Crippen LogP contribution in [0, 0.1) is 0 Å². The van der Waals surface area contributed by atoms with Gasteiger partial charge in [-0.1, -0.05) is 24.1 Å². The Kier molecular flexibility index (Phi) is 5.60. The lowest BCUT2D eigenvalue weighted by Crippen LogP contribution is -2.46. The van der Waals surface area contributed by atoms with E-state index in [9.17, 15) is 23.1 Å². The molecule has 1 aliphatic rings. The third kappa shape index (κ3) is 3.89. The largest absolute Gasteiger partial charge is 0.480 e. The quantitative estimate of drug-likeness (QED) is 0.738. The molecule has 0 aliphatic carbocycles. The number of benzene rings is 1. The molecule has 1 N–H and O–H groups in total. The fraction of sp³-hybridized carbons (Fsp3) is 0.389. The third-order valence-electron chi connectivity index (χ3n) is 4.63. The Bertz CT molecular complexity index is 779. The van der Waals surface area contributed by atoms with Crippen molar-refractivity contribution in [2.45, 2.75) is 37.5 Å². The Balaban J connectivity index is 2.10. The van der Waals surface area contributed by atoms with Gasteiger partial charge in [0.25, 0.3) is 0 Å². The minimum Gasteiger partial charge on any atom is -0.480 e. The van der Waals surface area contributed by atoms with Crippen LogP contribution in [0.15, 0.2) is 35.0 Å². The summed E-state index contributed by atoms with van der Waals surface area (Å²) in [6.07, 6.45) is -2.49. The monoisotopic (exact) mass is 403 g/mol. The van der Waals surface area contributed by atoms with Crippen LogP contribution in [-0.4, -0.2) is 28.6 Å². The van der Waals surface area contributed by atoms with Gasteiger partial charge in [0.15, 0.2) is 0 Å². The van der Waals surface area contributed by atoms with Crippen LogP contribution >= 0.6 is 22.9 Å². The highest BCUT2D eigenvalue weighted by Gasteiger charge is 2.38. The molecule has 1 fully saturated rings. The van der Waals surface area contributed by atoms with E-state index in [2.05, 4.69) is 0 Å². The molecular formula is C18H17ClF3NO2S. The molecule has 2 unspecified atom stereocenters. The first kappa shape index (κ1) is 19.2. The third-order valence-corrected chi connectivity index (χ3v) is 5.66. The van der Waals surface area contributed by atoms with Crippen molar-refractivity contribution < 1.29 is 23.1 Å². The molecule has 0 spiro atoms. The molecular weight excluding hydrogens is 387 g/mol. The van der Waals surface area contributed by atoms with Crippen LogP contribution in [0.25, 0.3) is 0 Å². The van der Waals surface area contributed by atoms with E-state index in [1.165, 1.54) is 17.4 Å². The second-order valence-electron chi connectivity index (χ2n) is 6.28. The Morgan fingerprint density at radius 2 is 2.04 bits per heavy atom. The number of hydrogen-bond acceptors (Lipinski definition) is 3. The normalized spacial score (nSPS) is 20.1. The van der Waals surface area contributed by atoms with E-state index in [0.717, 1.165) is 24.5 Å². The molecule has 0 radical (unpaired) electrons. The predicted molar refractivity (Wildman–Crippen MR) is 94.6 cm³/mol. The summed E-state index contributed by atoms with van der Waals surface area (Å²) in [4.78, 5) is 13.5. The number of aliphatic carboxylic acids is 1. The molecule has 140 valence electrons. The number of carboxylic acid groups (broad SMARTS) is 1. The van der Waals surface area contributed by atoms with Gasteiger partial charge in [-0.05, 0) is 59.5 Å². The molecule has 1 aromatic heterocycles. The average Bonchev–Trinajstić information content (AvgIpc) is 3.10. The van der Waals surface area contributed by atoms with Crippen LogP contribution in [-0.2, 0) is 11.0 Å². The zero-order chi connectivity index (χ0) is 18.9. The minimum absolute atomic E-state index is 0.362. The second-order valence-corrected chi connectivity index (χ2v) is 7.47. The van der Waals surface area contributed by atoms with Crippen LogP contribution in [0.5, 0.6) is 0 Å². The van der Waals surface area contributed by atoms with Crippen molar-refractivity contribution in [2.75, 3.05) is 6.54 Å². The summed E-state index contributed by atoms with van der Waals surface area (Å²) in [5.74, 6) is -0.949. The molecule has 26 heavy (non-hydrogen) atoms. The predicted octanol–water partition coefficient (Wildman–Crippen LogP) is 5.45. The molecule has 3 nitrogen and oxygen atoms in total. The second kappa shape index (κ2) is 7.58. The van der Waals surface area contributed by atoms with E-state index >= 15 is 0 Å². The van der Waals surface area contributed by atoms with Crippen molar-refractivity contribution in [3.8, 4) is 0 Å². The number of rotatable bonds is 4. The number of thiophene rings is 1. The SMILES string of the molecule is O=C(O)C1CCCCN1C(c1ccsc1)c1ccc(Cl)c(C(F)(F)F)c1. The van der Waals surface area contributed by atoms with Gasteiger partial charge in [0.2, 0.25) is 0 Å². The summed E-state index contributed by atoms with van der Waals surface area (Å²) in [5, 5.41) is 12.9. The van der Waals surface area contributed by atoms with Gasteiger partial charge < -0.3 is 5.11 Å². The Labute approximate surface area is 158 Å². The Morgan fingerprint density at radius 3 is 2.65 bits per heavy atom. The highest BCUT2D eigenvalue weighted by Crippen LogP contribution is 2.40. The number of likely N-dealkylation sites (tertiary alicyclic amines) is 1. The van der Waals surface area contributed by atoms with Gasteiger partial charge in [0.05, 0.1) is 16.6 Å². The van der Waals surface area contributed by atoms with Gasteiger partial charge in [-0.3, -0.25) is 9.69 Å². The lowest BCUT2D eigenvalue weighted by Gasteiger charge is -2.39. The average molecular weight is 404 g/mol. The van der Waals surface area contributed by atoms with Crippen LogP contribution < -0.4 is 0 Å². The smallest absolute Gasteiger partial charge is 0.417 e. The van der Waals surface area contributed by atoms with Crippen LogP contribution in [0.1, 0.15) is 42.0 Å². The van der Waals surface area contributed by atoms with Crippen molar-refractivity contribution in [2.24, 2.45) is 0 Å². The molecule has 0 amide bonds. The molecule has 8 heteroatoms. The van der Waals surface area contributed by atoms with Crippen molar-refractivity contribution in [1.29, 1.82) is 0 Å². The molecule has 2 atom stereocenters. The molecule has 1 saturated heterocycles. The number of alkyl halides is 3. The van der Waals surface area contributed by atoms with Gasteiger partial charge >= 0.3 is 12.1 Å². The summed E-state index contributed by atoms with van der Waals surface area (Å²) in [5.41, 5.74) is 0.285. The molecule has 0 bridgehead atoms. The standard InChI is InChI=1S/C18H17ClF3NO2S/c19-14-5-4-11(9-13(14)18(20,21)22)16(12-6-8-26-10-12)23-7-2-1-3-15(23)17(24)25/h4-6,8-10,15-16H,1-3,7H2,(H,24,25). The Hall–Kier alpha value is -1.57. The van der Waals surface area contributed by atoms with Gasteiger partial charge in [0, 0.05) is 0 Å². The maximum atomic E-state index is 13.3. The van der Waals surface area contributed by atoms with E-state index in [1.54, 1.807) is 11.0 Å². The zero-order valence-electron chi connectivity index (χ0n) is 13.7. The summed E-state index contributed by atoms with van der Waals surface area (Å²) >= 11 is 7.18. The molecule has 2 aromatic rings. The fourth-order valence-corrected chi connectivity index (χ4v) is 4.37. The van der Waals surface area contributed by atoms with Crippen molar-refractivity contribution >= 4 is 28.9 Å². The number of piperidine rings is 1. The maximum Gasteiger partial charge on any atom is 0.417 e. The van der Waals surface area contributed by atoms with Gasteiger partial charge in [-0.2, -0.15) is 24.5 Å². The highest BCUT2D eigenvalue weighted by atomic mass is 35.5. The molecule has 1 aromatic carbocycles. The van der Waals surface area contributed by atoms with E-state index in [4.69, 9.17) is 11.6 Å². The van der Waals surface area contributed by atoms with Gasteiger partial charge in [-0.15, -0.1) is 0 Å². The zero-order valence-corrected chi connectivity index (χ0v) is 15.2. The highest BCUT2D eigenvalue weighted by molar-refractivity contribution is 7.08. The fourth-order valence-electron chi connectivity index (χ4n) is 3.46. The number of halogens is 4. The summed E-state index contributed by atoms with van der Waals surface area (Å²) < 4.78 is 39.9. The summed E-state index contributed by atoms with van der Waals surface area (Å²) in [6, 6.07) is 4.37. The number of hydrogen-bond donors (Lipinski definition) is 1. The topological polar surface area (TPSA) is 40.5 Å². The van der Waals surface area contributed by atoms with Gasteiger partial charge in [-0.25, -0.2) is 0 Å². The summed E-state index contributed by atoms with van der Waals surface area (Å²) in [6.45, 7) is 0.515. The molecule has 0 saturated carbocycles. The van der Waals surface area contributed by atoms with Crippen molar-refractivity contribution in [3.05, 3.63) is 56.7 Å². The maximum absolute atomic E-state index is 13.3. The van der Waals surface area contributed by atoms with Crippen LogP contribution in [0.4, 0.5) is 13.2 Å².